The highest BCUT2D eigenvalue weighted by Gasteiger charge is 2.14. The van der Waals surface area contributed by atoms with E-state index >= 15 is 0 Å². The molecule has 1 aromatic rings. The monoisotopic (exact) mass is 462 g/mol. The standard InChI is InChI=1S/C17H30N6O.HI/c1-14(13-24-4)21-17(18-2)20-12-15-5-6-16(19-11-15)23-9-7-22(3)8-10-23;/h5-6,11,14H,7-10,12-13H2,1-4H3,(H2,18,20,21);1H. The fraction of sp³-hybridized carbons (Fsp3) is 0.647. The summed E-state index contributed by atoms with van der Waals surface area (Å²) in [6.07, 6.45) is 1.94. The van der Waals surface area contributed by atoms with Gasteiger partial charge in [0.05, 0.1) is 6.61 Å². The third-order valence-corrected chi connectivity index (χ3v) is 4.12. The zero-order valence-corrected chi connectivity index (χ0v) is 18.0. The van der Waals surface area contributed by atoms with Crippen molar-refractivity contribution in [3.05, 3.63) is 23.9 Å². The number of rotatable bonds is 6. The fourth-order valence-electron chi connectivity index (χ4n) is 2.65. The Morgan fingerprint density at radius 3 is 2.60 bits per heavy atom. The van der Waals surface area contributed by atoms with Crippen molar-refractivity contribution in [2.45, 2.75) is 19.5 Å². The average molecular weight is 462 g/mol. The lowest BCUT2D eigenvalue weighted by atomic mass is 10.2. The Morgan fingerprint density at radius 1 is 1.32 bits per heavy atom. The minimum atomic E-state index is 0. The van der Waals surface area contributed by atoms with Crippen molar-refractivity contribution in [2.75, 3.05) is 58.9 Å². The molecule has 8 heteroatoms. The molecule has 0 amide bonds. The Kier molecular flexibility index (Phi) is 10.1. The summed E-state index contributed by atoms with van der Waals surface area (Å²) in [6, 6.07) is 4.44. The van der Waals surface area contributed by atoms with Crippen molar-refractivity contribution in [1.29, 1.82) is 0 Å². The Bertz CT molecular complexity index is 516. The van der Waals surface area contributed by atoms with E-state index in [1.165, 1.54) is 0 Å². The largest absolute Gasteiger partial charge is 0.383 e. The maximum absolute atomic E-state index is 5.13. The van der Waals surface area contributed by atoms with E-state index in [1.807, 2.05) is 6.20 Å². The highest BCUT2D eigenvalue weighted by molar-refractivity contribution is 14.0. The quantitative estimate of drug-likeness (QED) is 0.376. The number of ether oxygens (including phenoxy) is 1. The van der Waals surface area contributed by atoms with Crippen molar-refractivity contribution in [3.63, 3.8) is 0 Å². The van der Waals surface area contributed by atoms with E-state index in [1.54, 1.807) is 14.2 Å². The molecule has 1 aliphatic rings. The molecule has 25 heavy (non-hydrogen) atoms. The van der Waals surface area contributed by atoms with E-state index in [4.69, 9.17) is 4.74 Å². The number of hydrogen-bond donors (Lipinski definition) is 2. The number of methoxy groups -OCH3 is 1. The van der Waals surface area contributed by atoms with Gasteiger partial charge in [-0.15, -0.1) is 24.0 Å². The van der Waals surface area contributed by atoms with Gasteiger partial charge in [0.25, 0.3) is 0 Å². The summed E-state index contributed by atoms with van der Waals surface area (Å²) < 4.78 is 5.13. The summed E-state index contributed by atoms with van der Waals surface area (Å²) in [6.45, 7) is 7.64. The van der Waals surface area contributed by atoms with Gasteiger partial charge >= 0.3 is 0 Å². The highest BCUT2D eigenvalue weighted by atomic mass is 127. The van der Waals surface area contributed by atoms with Crippen LogP contribution in [-0.4, -0.2) is 75.9 Å². The summed E-state index contributed by atoms with van der Waals surface area (Å²) in [5.74, 6) is 1.82. The minimum Gasteiger partial charge on any atom is -0.383 e. The van der Waals surface area contributed by atoms with Crippen molar-refractivity contribution in [2.24, 2.45) is 4.99 Å². The predicted octanol–water partition coefficient (Wildman–Crippen LogP) is 1.15. The molecule has 0 spiro atoms. The molecule has 142 valence electrons. The van der Waals surface area contributed by atoms with Crippen LogP contribution in [0.2, 0.25) is 0 Å². The van der Waals surface area contributed by atoms with Crippen LogP contribution in [0.1, 0.15) is 12.5 Å². The molecule has 1 atom stereocenters. The minimum absolute atomic E-state index is 0. The molecule has 0 saturated carbocycles. The number of anilines is 1. The highest BCUT2D eigenvalue weighted by Crippen LogP contribution is 2.13. The van der Waals surface area contributed by atoms with Gasteiger partial charge in [-0.25, -0.2) is 4.98 Å². The molecule has 1 aliphatic heterocycles. The van der Waals surface area contributed by atoms with E-state index in [-0.39, 0.29) is 30.0 Å². The van der Waals surface area contributed by atoms with Crippen molar-refractivity contribution in [3.8, 4) is 0 Å². The van der Waals surface area contributed by atoms with Crippen LogP contribution in [0.3, 0.4) is 0 Å². The van der Waals surface area contributed by atoms with Crippen LogP contribution >= 0.6 is 24.0 Å². The number of piperazine rings is 1. The maximum atomic E-state index is 5.13. The lowest BCUT2D eigenvalue weighted by molar-refractivity contribution is 0.179. The third kappa shape index (κ3) is 7.33. The van der Waals surface area contributed by atoms with Gasteiger partial charge in [0, 0.05) is 59.1 Å². The lowest BCUT2D eigenvalue weighted by Gasteiger charge is -2.33. The van der Waals surface area contributed by atoms with Crippen LogP contribution in [0.25, 0.3) is 0 Å². The van der Waals surface area contributed by atoms with Crippen LogP contribution in [0.15, 0.2) is 23.3 Å². The number of guanidine groups is 1. The van der Waals surface area contributed by atoms with Crippen LogP contribution in [-0.2, 0) is 11.3 Å². The van der Waals surface area contributed by atoms with Crippen LogP contribution in [0.5, 0.6) is 0 Å². The van der Waals surface area contributed by atoms with Gasteiger partial charge in [-0.1, -0.05) is 6.07 Å². The van der Waals surface area contributed by atoms with Crippen molar-refractivity contribution >= 4 is 35.8 Å². The maximum Gasteiger partial charge on any atom is 0.191 e. The SMILES string of the molecule is CN=C(NCc1ccc(N2CCN(C)CC2)nc1)NC(C)COC.I. The van der Waals surface area contributed by atoms with Gasteiger partial charge < -0.3 is 25.2 Å². The van der Waals surface area contributed by atoms with E-state index in [2.05, 4.69) is 56.5 Å². The summed E-state index contributed by atoms with van der Waals surface area (Å²) in [4.78, 5) is 13.5. The smallest absolute Gasteiger partial charge is 0.191 e. The first-order valence-electron chi connectivity index (χ1n) is 8.47. The summed E-state index contributed by atoms with van der Waals surface area (Å²) in [5, 5.41) is 6.59. The molecule has 0 radical (unpaired) electrons. The second-order valence-corrected chi connectivity index (χ2v) is 6.24. The Hall–Kier alpha value is -1.13. The number of aliphatic imine (C=N–C) groups is 1. The molecule has 0 aromatic carbocycles. The average Bonchev–Trinajstić information content (AvgIpc) is 2.60. The van der Waals surface area contributed by atoms with Gasteiger partial charge in [0.2, 0.25) is 0 Å². The van der Waals surface area contributed by atoms with E-state index in [9.17, 15) is 0 Å². The van der Waals surface area contributed by atoms with Gasteiger partial charge in [-0.3, -0.25) is 4.99 Å². The molecule has 1 fully saturated rings. The Labute approximate surface area is 168 Å². The first kappa shape index (κ1) is 21.9. The Balaban J connectivity index is 0.00000312. The number of likely N-dealkylation sites (N-methyl/N-ethyl adjacent to an activating group) is 1. The number of aromatic nitrogens is 1. The van der Waals surface area contributed by atoms with Crippen LogP contribution in [0, 0.1) is 0 Å². The topological polar surface area (TPSA) is 65.0 Å². The lowest BCUT2D eigenvalue weighted by Crippen LogP contribution is -2.44. The zero-order valence-electron chi connectivity index (χ0n) is 15.7. The number of nitrogens with zero attached hydrogens (tertiary/aromatic N) is 4. The second kappa shape index (κ2) is 11.5. The first-order chi connectivity index (χ1) is 11.6. The van der Waals surface area contributed by atoms with E-state index in [0.29, 0.717) is 13.2 Å². The van der Waals surface area contributed by atoms with Crippen LogP contribution in [0.4, 0.5) is 5.82 Å². The Morgan fingerprint density at radius 2 is 2.04 bits per heavy atom. The van der Waals surface area contributed by atoms with Gasteiger partial charge in [0.15, 0.2) is 5.96 Å². The molecule has 1 aromatic heterocycles. The third-order valence-electron chi connectivity index (χ3n) is 4.12. The van der Waals surface area contributed by atoms with Gasteiger partial charge in [0.1, 0.15) is 5.82 Å². The molecule has 1 unspecified atom stereocenters. The van der Waals surface area contributed by atoms with Crippen molar-refractivity contribution in [1.82, 2.24) is 20.5 Å². The van der Waals surface area contributed by atoms with Crippen LogP contribution < -0.4 is 15.5 Å². The molecule has 0 aliphatic carbocycles. The van der Waals surface area contributed by atoms with E-state index in [0.717, 1.165) is 43.5 Å². The molecule has 2 N–H and O–H groups in total. The van der Waals surface area contributed by atoms with Gasteiger partial charge in [-0.2, -0.15) is 0 Å². The zero-order chi connectivity index (χ0) is 17.4. The number of halogens is 1. The molecule has 2 rings (SSSR count). The predicted molar refractivity (Wildman–Crippen MR) is 114 cm³/mol. The van der Waals surface area contributed by atoms with E-state index < -0.39 is 0 Å². The first-order valence-corrected chi connectivity index (χ1v) is 8.47. The second-order valence-electron chi connectivity index (χ2n) is 6.24. The number of hydrogen-bond acceptors (Lipinski definition) is 5. The molecule has 2 heterocycles. The van der Waals surface area contributed by atoms with Crippen molar-refractivity contribution < 1.29 is 4.74 Å². The number of nitrogens with one attached hydrogen (secondary N) is 2. The van der Waals surface area contributed by atoms with Gasteiger partial charge in [-0.05, 0) is 25.6 Å². The number of pyridine rings is 1. The molecular weight excluding hydrogens is 431 g/mol. The molecular formula is C17H31IN6O. The summed E-state index contributed by atoms with van der Waals surface area (Å²) in [7, 11) is 5.62. The summed E-state index contributed by atoms with van der Waals surface area (Å²) in [5.41, 5.74) is 1.13. The fourth-order valence-corrected chi connectivity index (χ4v) is 2.65. The molecule has 1 saturated heterocycles. The molecule has 0 bridgehead atoms. The molecule has 7 nitrogen and oxygen atoms in total. The normalized spacial score (nSPS) is 17.0. The summed E-state index contributed by atoms with van der Waals surface area (Å²) >= 11 is 0.